The van der Waals surface area contributed by atoms with E-state index in [2.05, 4.69) is 39.4 Å². The van der Waals surface area contributed by atoms with Crippen LogP contribution in [0.5, 0.6) is 0 Å². The van der Waals surface area contributed by atoms with Gasteiger partial charge in [0.1, 0.15) is 5.82 Å². The lowest BCUT2D eigenvalue weighted by atomic mass is 9.94. The van der Waals surface area contributed by atoms with Crippen LogP contribution in [0.1, 0.15) is 29.7 Å². The van der Waals surface area contributed by atoms with E-state index in [9.17, 15) is 0 Å². The van der Waals surface area contributed by atoms with Crippen molar-refractivity contribution in [3.8, 4) is 11.3 Å². The van der Waals surface area contributed by atoms with E-state index in [4.69, 9.17) is 5.73 Å². The highest BCUT2D eigenvalue weighted by Crippen LogP contribution is 2.34. The van der Waals surface area contributed by atoms with Crippen molar-refractivity contribution in [1.82, 2.24) is 14.9 Å². The molecule has 1 saturated carbocycles. The number of benzene rings is 1. The molecule has 1 aromatic heterocycles. The second kappa shape index (κ2) is 5.49. The summed E-state index contributed by atoms with van der Waals surface area (Å²) in [5, 5.41) is 3.70. The minimum Gasteiger partial charge on any atom is -0.382 e. The van der Waals surface area contributed by atoms with Crippen molar-refractivity contribution >= 4 is 11.5 Å². The molecule has 5 nitrogen and oxygen atoms in total. The number of fused-ring (bicyclic) bond motifs is 1. The second-order valence-corrected chi connectivity index (χ2v) is 6.79. The number of nitrogens with two attached hydrogens (primary N) is 1. The van der Waals surface area contributed by atoms with Gasteiger partial charge in [-0.2, -0.15) is 0 Å². The fraction of sp³-hybridized carbons (Fsp3) is 0.444. The second-order valence-electron chi connectivity index (χ2n) is 6.79. The van der Waals surface area contributed by atoms with Gasteiger partial charge in [-0.25, -0.2) is 9.97 Å². The van der Waals surface area contributed by atoms with E-state index < -0.39 is 0 Å². The molecule has 4 rings (SSSR count). The lowest BCUT2D eigenvalue weighted by Gasteiger charge is -2.28. The van der Waals surface area contributed by atoms with Crippen molar-refractivity contribution in [1.29, 1.82) is 0 Å². The molecular weight excluding hydrogens is 286 g/mol. The Balaban J connectivity index is 1.79. The molecule has 1 aliphatic carbocycles. The third-order valence-electron chi connectivity index (χ3n) is 4.74. The van der Waals surface area contributed by atoms with Crippen molar-refractivity contribution in [3.05, 3.63) is 35.2 Å². The van der Waals surface area contributed by atoms with Crippen molar-refractivity contribution in [2.24, 2.45) is 0 Å². The fourth-order valence-corrected chi connectivity index (χ4v) is 3.20. The average Bonchev–Trinajstić information content (AvgIpc) is 3.33. The maximum Gasteiger partial charge on any atom is 0.144 e. The molecule has 2 aliphatic rings. The number of nitrogen functional groups attached to an aromatic ring is 1. The number of nitrogens with zero attached hydrogens (tertiary/aromatic N) is 3. The van der Waals surface area contributed by atoms with E-state index in [0.29, 0.717) is 11.9 Å². The van der Waals surface area contributed by atoms with Gasteiger partial charge in [0.05, 0.1) is 17.6 Å². The molecule has 120 valence electrons. The number of aromatic nitrogens is 2. The van der Waals surface area contributed by atoms with E-state index in [1.54, 1.807) is 6.20 Å². The van der Waals surface area contributed by atoms with Crippen molar-refractivity contribution in [2.45, 2.75) is 38.8 Å². The SMILES string of the molecule is Cc1nc(-c2cc3c(c(NC4CC4)c2)CCN(C)C3)cnc1N. The zero-order valence-corrected chi connectivity index (χ0v) is 13.8. The maximum atomic E-state index is 5.81. The van der Waals surface area contributed by atoms with Crippen LogP contribution in [0.4, 0.5) is 11.5 Å². The minimum absolute atomic E-state index is 0.503. The Labute approximate surface area is 136 Å². The third-order valence-corrected chi connectivity index (χ3v) is 4.74. The third kappa shape index (κ3) is 2.88. The summed E-state index contributed by atoms with van der Waals surface area (Å²) in [6.45, 7) is 4.01. The van der Waals surface area contributed by atoms with E-state index in [1.165, 1.54) is 29.7 Å². The highest BCUT2D eigenvalue weighted by atomic mass is 15.1. The summed E-state index contributed by atoms with van der Waals surface area (Å²) in [5.41, 5.74) is 12.8. The largest absolute Gasteiger partial charge is 0.382 e. The first-order valence-corrected chi connectivity index (χ1v) is 8.30. The van der Waals surface area contributed by atoms with Gasteiger partial charge in [-0.1, -0.05) is 0 Å². The number of likely N-dealkylation sites (N-methyl/N-ethyl adjacent to an activating group) is 1. The summed E-state index contributed by atoms with van der Waals surface area (Å²) in [4.78, 5) is 11.3. The highest BCUT2D eigenvalue weighted by Gasteiger charge is 2.25. The number of hydrogen-bond acceptors (Lipinski definition) is 5. The van der Waals surface area contributed by atoms with E-state index in [1.807, 2.05) is 6.92 Å². The summed E-state index contributed by atoms with van der Waals surface area (Å²) in [7, 11) is 2.18. The van der Waals surface area contributed by atoms with Crippen molar-refractivity contribution in [3.63, 3.8) is 0 Å². The fourth-order valence-electron chi connectivity index (χ4n) is 3.20. The maximum absolute atomic E-state index is 5.81. The summed E-state index contributed by atoms with van der Waals surface area (Å²) < 4.78 is 0. The Morgan fingerprint density at radius 2 is 2.13 bits per heavy atom. The normalized spacial score (nSPS) is 17.8. The number of anilines is 2. The van der Waals surface area contributed by atoms with Crippen LogP contribution in [-0.2, 0) is 13.0 Å². The van der Waals surface area contributed by atoms with Gasteiger partial charge in [0.15, 0.2) is 0 Å². The van der Waals surface area contributed by atoms with Gasteiger partial charge in [-0.15, -0.1) is 0 Å². The minimum atomic E-state index is 0.503. The van der Waals surface area contributed by atoms with Gasteiger partial charge < -0.3 is 16.0 Å². The van der Waals surface area contributed by atoms with Crippen LogP contribution in [0, 0.1) is 6.92 Å². The van der Waals surface area contributed by atoms with Crippen molar-refractivity contribution < 1.29 is 0 Å². The van der Waals surface area contributed by atoms with E-state index >= 15 is 0 Å². The Kier molecular flexibility index (Phi) is 3.45. The van der Waals surface area contributed by atoms with Gasteiger partial charge in [-0.3, -0.25) is 0 Å². The van der Waals surface area contributed by atoms with Crippen LogP contribution < -0.4 is 11.1 Å². The molecular formula is C18H23N5. The molecule has 0 spiro atoms. The van der Waals surface area contributed by atoms with Gasteiger partial charge >= 0.3 is 0 Å². The molecule has 2 heterocycles. The van der Waals surface area contributed by atoms with Crippen LogP contribution in [-0.4, -0.2) is 34.5 Å². The molecule has 0 saturated heterocycles. The smallest absolute Gasteiger partial charge is 0.144 e. The van der Waals surface area contributed by atoms with Crippen LogP contribution in [0.15, 0.2) is 18.3 Å². The van der Waals surface area contributed by atoms with Crippen LogP contribution in [0.25, 0.3) is 11.3 Å². The summed E-state index contributed by atoms with van der Waals surface area (Å²) in [6.07, 6.45) is 5.44. The van der Waals surface area contributed by atoms with Gasteiger partial charge in [0.2, 0.25) is 0 Å². The first-order valence-electron chi connectivity index (χ1n) is 8.30. The monoisotopic (exact) mass is 309 g/mol. The lowest BCUT2D eigenvalue weighted by Crippen LogP contribution is -2.27. The Morgan fingerprint density at radius 3 is 2.87 bits per heavy atom. The molecule has 0 unspecified atom stereocenters. The predicted molar refractivity (Wildman–Crippen MR) is 93.3 cm³/mol. The first-order chi connectivity index (χ1) is 11.1. The van der Waals surface area contributed by atoms with Crippen LogP contribution in [0.3, 0.4) is 0 Å². The summed E-state index contributed by atoms with van der Waals surface area (Å²) in [6, 6.07) is 5.15. The topological polar surface area (TPSA) is 67.1 Å². The molecule has 5 heteroatoms. The zero-order valence-electron chi connectivity index (χ0n) is 13.8. The molecule has 0 atom stereocenters. The molecule has 1 aromatic carbocycles. The van der Waals surface area contributed by atoms with Crippen LogP contribution >= 0.6 is 0 Å². The molecule has 0 amide bonds. The molecule has 23 heavy (non-hydrogen) atoms. The highest BCUT2D eigenvalue weighted by molar-refractivity contribution is 5.70. The molecule has 3 N–H and O–H groups in total. The zero-order chi connectivity index (χ0) is 16.0. The molecule has 2 aromatic rings. The lowest BCUT2D eigenvalue weighted by molar-refractivity contribution is 0.313. The number of aryl methyl sites for hydroxylation is 1. The number of rotatable bonds is 3. The average molecular weight is 309 g/mol. The molecule has 1 fully saturated rings. The molecule has 0 radical (unpaired) electrons. The van der Waals surface area contributed by atoms with Crippen LogP contribution in [0.2, 0.25) is 0 Å². The van der Waals surface area contributed by atoms with E-state index in [0.717, 1.165) is 36.5 Å². The summed E-state index contributed by atoms with van der Waals surface area (Å²) in [5.74, 6) is 0.503. The Hall–Kier alpha value is -2.14. The van der Waals surface area contributed by atoms with Crippen molar-refractivity contribution in [2.75, 3.05) is 24.6 Å². The first kappa shape index (κ1) is 14.5. The van der Waals surface area contributed by atoms with Gasteiger partial charge in [0, 0.05) is 30.4 Å². The number of nitrogens with one attached hydrogen (secondary N) is 1. The summed E-state index contributed by atoms with van der Waals surface area (Å²) >= 11 is 0. The van der Waals surface area contributed by atoms with E-state index in [-0.39, 0.29) is 0 Å². The standard InChI is InChI=1S/C18H23N5/c1-11-18(19)20-9-17(21-11)12-7-13-10-23(2)6-5-15(13)16(8-12)22-14-3-4-14/h7-9,14,22H,3-6,10H2,1-2H3,(H2,19,20). The predicted octanol–water partition coefficient (Wildman–Crippen LogP) is 2.60. The van der Waals surface area contributed by atoms with Gasteiger partial charge in [-0.05, 0) is 56.5 Å². The Morgan fingerprint density at radius 1 is 1.30 bits per heavy atom. The Bertz CT molecular complexity index is 751. The molecule has 0 bridgehead atoms. The quantitative estimate of drug-likeness (QED) is 0.912. The molecule has 1 aliphatic heterocycles. The van der Waals surface area contributed by atoms with Gasteiger partial charge in [0.25, 0.3) is 0 Å². The number of hydrogen-bond donors (Lipinski definition) is 2.